The van der Waals surface area contributed by atoms with Gasteiger partial charge in [0.2, 0.25) is 0 Å². The van der Waals surface area contributed by atoms with Gasteiger partial charge in [-0.05, 0) is 6.42 Å². The molecule has 0 radical (unpaired) electrons. The molecule has 80 valence electrons. The Kier molecular flexibility index (Phi) is 10.0. The number of rotatable bonds is 5. The minimum atomic E-state index is -1.43. The molecule has 1 atom stereocenters. The van der Waals surface area contributed by atoms with Crippen LogP contribution < -0.4 is 40.4 Å². The van der Waals surface area contributed by atoms with Gasteiger partial charge in [-0.3, -0.25) is 9.59 Å². The van der Waals surface area contributed by atoms with E-state index < -0.39 is 23.9 Å². The van der Waals surface area contributed by atoms with Gasteiger partial charge in [-0.2, -0.15) is 0 Å². The number of esters is 2. The molecule has 0 aliphatic heterocycles. The Morgan fingerprint density at radius 1 is 1.33 bits per heavy atom. The summed E-state index contributed by atoms with van der Waals surface area (Å²) in [6, 6.07) is -1.21. The number of hydrogen-bond acceptors (Lipinski definition) is 6. The van der Waals surface area contributed by atoms with E-state index in [4.69, 9.17) is 5.73 Å². The van der Waals surface area contributed by atoms with E-state index in [0.717, 1.165) is 0 Å². The molecule has 6 nitrogen and oxygen atoms in total. The van der Waals surface area contributed by atoms with E-state index in [0.29, 0.717) is 0 Å². The van der Waals surface area contributed by atoms with Gasteiger partial charge < -0.3 is 20.4 Å². The molecule has 0 unspecified atom stereocenters. The van der Waals surface area contributed by atoms with Crippen molar-refractivity contribution in [3.8, 4) is 0 Å². The van der Waals surface area contributed by atoms with Gasteiger partial charge in [-0.15, -0.1) is 0 Å². The second kappa shape index (κ2) is 8.84. The van der Waals surface area contributed by atoms with E-state index in [1.165, 1.54) is 0 Å². The smallest absolute Gasteiger partial charge is 0.548 e. The van der Waals surface area contributed by atoms with Gasteiger partial charge in [0, 0.05) is 18.9 Å². The molecule has 0 bridgehead atoms. The van der Waals surface area contributed by atoms with E-state index in [-0.39, 0.29) is 48.8 Å². The summed E-state index contributed by atoms with van der Waals surface area (Å²) in [5.74, 6) is -2.84. The molecule has 7 heteroatoms. The van der Waals surface area contributed by atoms with Gasteiger partial charge in [0.1, 0.15) is 0 Å². The van der Waals surface area contributed by atoms with E-state index in [1.807, 2.05) is 0 Å². The van der Waals surface area contributed by atoms with E-state index in [2.05, 4.69) is 4.74 Å². The van der Waals surface area contributed by atoms with Crippen LogP contribution >= 0.6 is 0 Å². The van der Waals surface area contributed by atoms with Crippen molar-refractivity contribution in [3.05, 3.63) is 0 Å². The summed E-state index contributed by atoms with van der Waals surface area (Å²) in [4.78, 5) is 31.6. The van der Waals surface area contributed by atoms with Crippen LogP contribution in [-0.4, -0.2) is 23.9 Å². The fourth-order valence-electron chi connectivity index (χ4n) is 0.641. The molecule has 0 fully saturated rings. The molecule has 0 rings (SSSR count). The van der Waals surface area contributed by atoms with Gasteiger partial charge in [-0.25, -0.2) is 0 Å². The van der Waals surface area contributed by atoms with Crippen molar-refractivity contribution in [1.29, 1.82) is 0 Å². The minimum Gasteiger partial charge on any atom is -0.548 e. The number of aliphatic carboxylic acids is 1. The van der Waals surface area contributed by atoms with Crippen LogP contribution in [0.3, 0.4) is 0 Å². The molecule has 0 aliphatic rings. The number of carboxylic acid groups (broad SMARTS) is 1. The summed E-state index contributed by atoms with van der Waals surface area (Å²) in [5, 5.41) is 10.1. The first-order chi connectivity index (χ1) is 6.47. The van der Waals surface area contributed by atoms with Crippen LogP contribution in [0.5, 0.6) is 0 Å². The van der Waals surface area contributed by atoms with Crippen LogP contribution in [-0.2, 0) is 19.1 Å². The molecule has 2 N–H and O–H groups in total. The number of carbonyl (C=O) groups is 3. The summed E-state index contributed by atoms with van der Waals surface area (Å²) in [6.45, 7) is 1.54. The molecule has 0 saturated heterocycles. The largest absolute Gasteiger partial charge is 1.00 e. The van der Waals surface area contributed by atoms with Crippen molar-refractivity contribution in [2.75, 3.05) is 0 Å². The standard InChI is InChI=1S/C8H13NO5.Na/c1-2-6(10)14-7(11)4-3-5(9)8(12)13;/h5H,2-4,9H2,1H3,(H,12,13);/q;+1/p-1/t5-;/m0./s1. The zero-order valence-electron chi connectivity index (χ0n) is 8.82. The van der Waals surface area contributed by atoms with Crippen molar-refractivity contribution in [3.63, 3.8) is 0 Å². The molecule has 0 amide bonds. The number of hydrogen-bond donors (Lipinski definition) is 1. The van der Waals surface area contributed by atoms with Gasteiger partial charge in [-0.1, -0.05) is 6.92 Å². The molecule has 15 heavy (non-hydrogen) atoms. The minimum absolute atomic E-state index is 0. The van der Waals surface area contributed by atoms with Crippen LogP contribution in [0, 0.1) is 0 Å². The number of nitrogens with two attached hydrogens (primary N) is 1. The average molecular weight is 225 g/mol. The molecule has 0 aliphatic carbocycles. The Hall–Kier alpha value is -0.430. The van der Waals surface area contributed by atoms with Gasteiger partial charge in [0.15, 0.2) is 0 Å². The second-order valence-corrected chi connectivity index (χ2v) is 2.66. The molecule has 0 aromatic carbocycles. The molecular formula is C8H12NNaO5. The first-order valence-electron chi connectivity index (χ1n) is 4.17. The maximum Gasteiger partial charge on any atom is 1.00 e. The van der Waals surface area contributed by atoms with Gasteiger partial charge in [0.25, 0.3) is 0 Å². The average Bonchev–Trinajstić information content (AvgIpc) is 2.13. The third kappa shape index (κ3) is 8.56. The van der Waals surface area contributed by atoms with Gasteiger partial charge in [0.05, 0.1) is 5.97 Å². The summed E-state index contributed by atoms with van der Waals surface area (Å²) in [7, 11) is 0. The summed E-state index contributed by atoms with van der Waals surface area (Å²) >= 11 is 0. The van der Waals surface area contributed by atoms with E-state index in [9.17, 15) is 19.5 Å². The summed E-state index contributed by atoms with van der Waals surface area (Å²) in [6.07, 6.45) is -0.211. The summed E-state index contributed by atoms with van der Waals surface area (Å²) < 4.78 is 4.28. The maximum atomic E-state index is 10.8. The van der Waals surface area contributed by atoms with Crippen molar-refractivity contribution >= 4 is 17.9 Å². The predicted octanol–water partition coefficient (Wildman–Crippen LogP) is -4.67. The van der Waals surface area contributed by atoms with Crippen molar-refractivity contribution < 1.29 is 53.8 Å². The van der Waals surface area contributed by atoms with Gasteiger partial charge >= 0.3 is 41.5 Å². The number of ether oxygens (including phenoxy) is 1. The zero-order chi connectivity index (χ0) is 11.1. The third-order valence-electron chi connectivity index (χ3n) is 1.48. The Labute approximate surface area is 109 Å². The SMILES string of the molecule is CCC(=O)OC(=O)CC[C@H](N)C(=O)[O-].[Na+]. The third-order valence-corrected chi connectivity index (χ3v) is 1.48. The normalized spacial score (nSPS) is 11.1. The Morgan fingerprint density at radius 3 is 2.27 bits per heavy atom. The van der Waals surface area contributed by atoms with Crippen LogP contribution in [0.25, 0.3) is 0 Å². The quantitative estimate of drug-likeness (QED) is 0.286. The van der Waals surface area contributed by atoms with Crippen LogP contribution in [0.15, 0.2) is 0 Å². The molecule has 0 heterocycles. The maximum absolute atomic E-state index is 10.8. The monoisotopic (exact) mass is 225 g/mol. The summed E-state index contributed by atoms with van der Waals surface area (Å²) in [5.41, 5.74) is 5.07. The van der Waals surface area contributed by atoms with Crippen LogP contribution in [0.4, 0.5) is 0 Å². The molecule has 0 spiro atoms. The Morgan fingerprint density at radius 2 is 1.87 bits per heavy atom. The number of carboxylic acids is 1. The van der Waals surface area contributed by atoms with Crippen LogP contribution in [0.2, 0.25) is 0 Å². The van der Waals surface area contributed by atoms with Crippen molar-refractivity contribution in [1.82, 2.24) is 0 Å². The molecule has 0 saturated carbocycles. The first kappa shape index (κ1) is 17.0. The Balaban J connectivity index is 0. The topological polar surface area (TPSA) is 110 Å². The zero-order valence-corrected chi connectivity index (χ0v) is 10.8. The molecular weight excluding hydrogens is 213 g/mol. The van der Waals surface area contributed by atoms with Crippen molar-refractivity contribution in [2.45, 2.75) is 32.2 Å². The fourth-order valence-corrected chi connectivity index (χ4v) is 0.641. The first-order valence-corrected chi connectivity index (χ1v) is 4.17. The van der Waals surface area contributed by atoms with Crippen molar-refractivity contribution in [2.24, 2.45) is 5.73 Å². The second-order valence-electron chi connectivity index (χ2n) is 2.66. The predicted molar refractivity (Wildman–Crippen MR) is 43.6 cm³/mol. The van der Waals surface area contributed by atoms with E-state index in [1.54, 1.807) is 6.92 Å². The number of carbonyl (C=O) groups excluding carboxylic acids is 3. The Bertz CT molecular complexity index is 243. The van der Waals surface area contributed by atoms with Crippen LogP contribution in [0.1, 0.15) is 26.2 Å². The molecule has 0 aromatic rings. The van der Waals surface area contributed by atoms with E-state index >= 15 is 0 Å². The fraction of sp³-hybridized carbons (Fsp3) is 0.625. The molecule has 0 aromatic heterocycles.